The average Bonchev–Trinajstić information content (AvgIpc) is 3.31. The standard InChI is InChI=1S/C18H24FN5O2/c1-23-6-2-14-15(23)21-12-22-16(14)24-7-4-18(19,5-8-24)11-20-17(25)13-3-9-26-10-13/h2,6,12-13H,3-5,7-11H2,1H3,(H,20,25). The lowest BCUT2D eigenvalue weighted by molar-refractivity contribution is -0.125. The number of halogens is 1. The van der Waals surface area contributed by atoms with Crippen LogP contribution in [0.15, 0.2) is 18.6 Å². The van der Waals surface area contributed by atoms with Gasteiger partial charge in [-0.25, -0.2) is 14.4 Å². The van der Waals surface area contributed by atoms with Gasteiger partial charge in [0.25, 0.3) is 0 Å². The Labute approximate surface area is 151 Å². The molecule has 0 saturated carbocycles. The molecule has 140 valence electrons. The maximum atomic E-state index is 15.1. The van der Waals surface area contributed by atoms with Crippen LogP contribution in [0.25, 0.3) is 11.0 Å². The van der Waals surface area contributed by atoms with E-state index in [1.54, 1.807) is 6.33 Å². The number of piperidine rings is 1. The molecule has 4 rings (SSSR count). The maximum Gasteiger partial charge on any atom is 0.225 e. The van der Waals surface area contributed by atoms with Crippen LogP contribution in [0.3, 0.4) is 0 Å². The normalized spacial score (nSPS) is 22.7. The van der Waals surface area contributed by atoms with Crippen LogP contribution < -0.4 is 10.2 Å². The van der Waals surface area contributed by atoms with Gasteiger partial charge in [-0.1, -0.05) is 0 Å². The Kier molecular flexibility index (Phi) is 4.52. The van der Waals surface area contributed by atoms with E-state index >= 15 is 4.39 Å². The zero-order valence-corrected chi connectivity index (χ0v) is 14.9. The van der Waals surface area contributed by atoms with Crippen LogP contribution in [-0.2, 0) is 16.6 Å². The van der Waals surface area contributed by atoms with Crippen LogP contribution >= 0.6 is 0 Å². The molecule has 7 nitrogen and oxygen atoms in total. The highest BCUT2D eigenvalue weighted by Gasteiger charge is 2.36. The van der Waals surface area contributed by atoms with Crippen molar-refractivity contribution in [2.45, 2.75) is 24.9 Å². The van der Waals surface area contributed by atoms with E-state index in [4.69, 9.17) is 4.74 Å². The number of hydrogen-bond acceptors (Lipinski definition) is 5. The summed E-state index contributed by atoms with van der Waals surface area (Å²) in [5.74, 6) is 0.625. The molecule has 4 heterocycles. The van der Waals surface area contributed by atoms with Gasteiger partial charge >= 0.3 is 0 Å². The predicted molar refractivity (Wildman–Crippen MR) is 95.7 cm³/mol. The molecule has 2 fully saturated rings. The van der Waals surface area contributed by atoms with E-state index < -0.39 is 5.67 Å². The van der Waals surface area contributed by atoms with Crippen molar-refractivity contribution < 1.29 is 13.9 Å². The predicted octanol–water partition coefficient (Wildman–Crippen LogP) is 1.43. The van der Waals surface area contributed by atoms with E-state index in [1.807, 2.05) is 23.9 Å². The zero-order valence-electron chi connectivity index (χ0n) is 14.9. The first kappa shape index (κ1) is 17.2. The van der Waals surface area contributed by atoms with Crippen molar-refractivity contribution in [3.8, 4) is 0 Å². The summed E-state index contributed by atoms with van der Waals surface area (Å²) >= 11 is 0. The van der Waals surface area contributed by atoms with Gasteiger partial charge in [-0.2, -0.15) is 0 Å². The number of carbonyl (C=O) groups excluding carboxylic acids is 1. The number of alkyl halides is 1. The summed E-state index contributed by atoms with van der Waals surface area (Å²) < 4.78 is 22.3. The Balaban J connectivity index is 1.37. The van der Waals surface area contributed by atoms with Gasteiger partial charge in [-0.05, 0) is 12.5 Å². The van der Waals surface area contributed by atoms with Gasteiger partial charge in [-0.3, -0.25) is 4.79 Å². The molecule has 26 heavy (non-hydrogen) atoms. The number of carbonyl (C=O) groups is 1. The number of ether oxygens (including phenoxy) is 1. The highest BCUT2D eigenvalue weighted by molar-refractivity contribution is 5.87. The minimum absolute atomic E-state index is 0.0701. The number of fused-ring (bicyclic) bond motifs is 1. The Bertz CT molecular complexity index is 794. The number of aromatic nitrogens is 3. The lowest BCUT2D eigenvalue weighted by atomic mass is 9.92. The van der Waals surface area contributed by atoms with E-state index in [2.05, 4.69) is 20.2 Å². The molecule has 1 amide bonds. The molecule has 2 saturated heterocycles. The van der Waals surface area contributed by atoms with Crippen LogP contribution in [0.5, 0.6) is 0 Å². The number of anilines is 1. The second kappa shape index (κ2) is 6.83. The molecule has 0 aromatic carbocycles. The molecular formula is C18H24FN5O2. The van der Waals surface area contributed by atoms with Crippen molar-refractivity contribution >= 4 is 22.8 Å². The molecule has 2 aliphatic rings. The number of nitrogens with one attached hydrogen (secondary N) is 1. The fourth-order valence-corrected chi connectivity index (χ4v) is 3.74. The molecule has 1 unspecified atom stereocenters. The monoisotopic (exact) mass is 361 g/mol. The highest BCUT2D eigenvalue weighted by Crippen LogP contribution is 2.31. The van der Waals surface area contributed by atoms with Crippen molar-refractivity contribution in [3.05, 3.63) is 18.6 Å². The molecule has 2 aliphatic heterocycles. The summed E-state index contributed by atoms with van der Waals surface area (Å²) in [4.78, 5) is 22.9. The summed E-state index contributed by atoms with van der Waals surface area (Å²) in [6, 6.07) is 1.99. The number of amides is 1. The number of rotatable bonds is 4. The third-order valence-electron chi connectivity index (χ3n) is 5.48. The first-order valence-electron chi connectivity index (χ1n) is 9.11. The minimum atomic E-state index is -1.37. The summed E-state index contributed by atoms with van der Waals surface area (Å²) in [7, 11) is 1.94. The molecule has 8 heteroatoms. The molecule has 0 radical (unpaired) electrons. The molecule has 2 aromatic heterocycles. The maximum absolute atomic E-state index is 15.1. The van der Waals surface area contributed by atoms with Crippen LogP contribution in [0.2, 0.25) is 0 Å². The van der Waals surface area contributed by atoms with Crippen molar-refractivity contribution in [2.24, 2.45) is 13.0 Å². The molecule has 0 bridgehead atoms. The van der Waals surface area contributed by atoms with Gasteiger partial charge in [0.05, 0.1) is 24.5 Å². The molecule has 2 aromatic rings. The van der Waals surface area contributed by atoms with E-state index in [9.17, 15) is 4.79 Å². The Morgan fingerprint density at radius 1 is 1.42 bits per heavy atom. The van der Waals surface area contributed by atoms with Crippen molar-refractivity contribution in [2.75, 3.05) is 37.7 Å². The summed E-state index contributed by atoms with van der Waals surface area (Å²) in [5, 5.41) is 3.76. The first-order valence-corrected chi connectivity index (χ1v) is 9.11. The molecule has 0 aliphatic carbocycles. The van der Waals surface area contributed by atoms with E-state index in [1.165, 1.54) is 0 Å². The lowest BCUT2D eigenvalue weighted by Crippen LogP contribution is -2.49. The van der Waals surface area contributed by atoms with E-state index in [0.717, 1.165) is 23.3 Å². The van der Waals surface area contributed by atoms with Gasteiger partial charge in [0.2, 0.25) is 5.91 Å². The molecule has 1 atom stereocenters. The van der Waals surface area contributed by atoms with Gasteiger partial charge in [-0.15, -0.1) is 0 Å². The average molecular weight is 361 g/mol. The smallest absolute Gasteiger partial charge is 0.225 e. The fourth-order valence-electron chi connectivity index (χ4n) is 3.74. The van der Waals surface area contributed by atoms with E-state index in [0.29, 0.717) is 39.1 Å². The SMILES string of the molecule is Cn1ccc2c(N3CCC(F)(CNC(=O)C4CCOC4)CC3)ncnc21. The van der Waals surface area contributed by atoms with Crippen molar-refractivity contribution in [1.29, 1.82) is 0 Å². The first-order chi connectivity index (χ1) is 12.6. The Morgan fingerprint density at radius 3 is 2.96 bits per heavy atom. The minimum Gasteiger partial charge on any atom is -0.381 e. The lowest BCUT2D eigenvalue weighted by Gasteiger charge is -2.37. The van der Waals surface area contributed by atoms with Gasteiger partial charge < -0.3 is 19.5 Å². The van der Waals surface area contributed by atoms with Crippen LogP contribution in [0.1, 0.15) is 19.3 Å². The number of aryl methyl sites for hydroxylation is 1. The van der Waals surface area contributed by atoms with Crippen LogP contribution in [0, 0.1) is 5.92 Å². The van der Waals surface area contributed by atoms with Gasteiger partial charge in [0.1, 0.15) is 23.5 Å². The quantitative estimate of drug-likeness (QED) is 0.892. The second-order valence-electron chi connectivity index (χ2n) is 7.28. The van der Waals surface area contributed by atoms with Crippen molar-refractivity contribution in [1.82, 2.24) is 19.9 Å². The fraction of sp³-hybridized carbons (Fsp3) is 0.611. The summed E-state index contributed by atoms with van der Waals surface area (Å²) in [6.07, 6.45) is 4.96. The number of hydrogen-bond donors (Lipinski definition) is 1. The topological polar surface area (TPSA) is 72.3 Å². The zero-order chi connectivity index (χ0) is 18.1. The molecule has 1 N–H and O–H groups in total. The third kappa shape index (κ3) is 3.25. The Hall–Kier alpha value is -2.22. The largest absolute Gasteiger partial charge is 0.381 e. The van der Waals surface area contributed by atoms with Gasteiger partial charge in [0.15, 0.2) is 0 Å². The summed E-state index contributed by atoms with van der Waals surface area (Å²) in [5.41, 5.74) is -0.493. The number of nitrogens with zero attached hydrogens (tertiary/aromatic N) is 4. The second-order valence-corrected chi connectivity index (χ2v) is 7.28. The third-order valence-corrected chi connectivity index (χ3v) is 5.48. The van der Waals surface area contributed by atoms with Crippen LogP contribution in [0.4, 0.5) is 10.2 Å². The van der Waals surface area contributed by atoms with Gasteiger partial charge in [0, 0.05) is 45.8 Å². The molecule has 0 spiro atoms. The van der Waals surface area contributed by atoms with E-state index in [-0.39, 0.29) is 18.4 Å². The van der Waals surface area contributed by atoms with Crippen molar-refractivity contribution in [3.63, 3.8) is 0 Å². The highest BCUT2D eigenvalue weighted by atomic mass is 19.1. The Morgan fingerprint density at radius 2 is 2.23 bits per heavy atom. The summed E-state index contributed by atoms with van der Waals surface area (Å²) in [6.45, 7) is 2.26. The molecular weight excluding hydrogens is 337 g/mol. The van der Waals surface area contributed by atoms with Crippen LogP contribution in [-0.4, -0.2) is 59.0 Å².